The van der Waals surface area contributed by atoms with Gasteiger partial charge in [-0.2, -0.15) is 0 Å². The minimum Gasteiger partial charge on any atom is -0.489 e. The van der Waals surface area contributed by atoms with Crippen molar-refractivity contribution in [2.24, 2.45) is 0 Å². The quantitative estimate of drug-likeness (QED) is 0.470. The van der Waals surface area contributed by atoms with E-state index in [1.165, 1.54) is 0 Å². The van der Waals surface area contributed by atoms with Crippen LogP contribution in [-0.4, -0.2) is 17.4 Å². The molecule has 0 saturated carbocycles. The molecule has 0 radical (unpaired) electrons. The third-order valence-electron chi connectivity index (χ3n) is 5.58. The van der Waals surface area contributed by atoms with Gasteiger partial charge in [0.05, 0.1) is 11.2 Å². The Balaban J connectivity index is 1.22. The van der Waals surface area contributed by atoms with Crippen LogP contribution in [0.4, 0.5) is 0 Å². The number of carbonyl (C=O) groups excluding carboxylic acids is 1. The van der Waals surface area contributed by atoms with Crippen molar-refractivity contribution in [3.63, 3.8) is 0 Å². The van der Waals surface area contributed by atoms with Gasteiger partial charge < -0.3 is 14.8 Å². The van der Waals surface area contributed by atoms with Gasteiger partial charge in [0, 0.05) is 17.5 Å². The SMILES string of the molecule is O=C1NCCCc2cc(OCc3cccc(OCc4ccc5ccccc5n4)c3)ccc21. The minimum absolute atomic E-state index is 0.00481. The number of fused-ring (bicyclic) bond motifs is 2. The number of pyridine rings is 1. The van der Waals surface area contributed by atoms with Crippen LogP contribution in [0.3, 0.4) is 0 Å². The zero-order valence-electron chi connectivity index (χ0n) is 17.7. The van der Waals surface area contributed by atoms with Crippen LogP contribution >= 0.6 is 0 Å². The molecule has 1 amide bonds. The highest BCUT2D eigenvalue weighted by atomic mass is 16.5. The summed E-state index contributed by atoms with van der Waals surface area (Å²) in [5.41, 5.74) is 4.65. The molecular formula is C27H24N2O3. The molecule has 0 fully saturated rings. The lowest BCUT2D eigenvalue weighted by Crippen LogP contribution is -2.22. The van der Waals surface area contributed by atoms with Gasteiger partial charge >= 0.3 is 0 Å². The Labute approximate surface area is 187 Å². The number of carbonyl (C=O) groups is 1. The predicted octanol–water partition coefficient (Wildman–Crippen LogP) is 5.07. The molecule has 2 heterocycles. The fourth-order valence-corrected chi connectivity index (χ4v) is 3.90. The lowest BCUT2D eigenvalue weighted by molar-refractivity contribution is 0.0956. The predicted molar refractivity (Wildman–Crippen MR) is 124 cm³/mol. The zero-order valence-corrected chi connectivity index (χ0v) is 17.7. The number of nitrogens with one attached hydrogen (secondary N) is 1. The summed E-state index contributed by atoms with van der Waals surface area (Å²) in [6, 6.07) is 25.7. The zero-order chi connectivity index (χ0) is 21.8. The van der Waals surface area contributed by atoms with Gasteiger partial charge in [0.25, 0.3) is 5.91 Å². The fourth-order valence-electron chi connectivity index (χ4n) is 3.90. The van der Waals surface area contributed by atoms with Crippen LogP contribution in [0.5, 0.6) is 11.5 Å². The van der Waals surface area contributed by atoms with Crippen LogP contribution in [0.2, 0.25) is 0 Å². The third-order valence-corrected chi connectivity index (χ3v) is 5.58. The molecule has 32 heavy (non-hydrogen) atoms. The van der Waals surface area contributed by atoms with Crippen molar-refractivity contribution in [1.29, 1.82) is 0 Å². The molecule has 1 aliphatic rings. The Kier molecular flexibility index (Phi) is 5.71. The summed E-state index contributed by atoms with van der Waals surface area (Å²) in [5, 5.41) is 4.04. The lowest BCUT2D eigenvalue weighted by Gasteiger charge is -2.11. The van der Waals surface area contributed by atoms with E-state index in [0.717, 1.165) is 57.6 Å². The van der Waals surface area contributed by atoms with Gasteiger partial charge in [0.2, 0.25) is 0 Å². The maximum atomic E-state index is 12.1. The monoisotopic (exact) mass is 424 g/mol. The van der Waals surface area contributed by atoms with Gasteiger partial charge in [-0.25, -0.2) is 4.98 Å². The van der Waals surface area contributed by atoms with Crippen molar-refractivity contribution in [1.82, 2.24) is 10.3 Å². The molecule has 5 heteroatoms. The van der Waals surface area contributed by atoms with Crippen LogP contribution in [0, 0.1) is 0 Å². The molecule has 1 aromatic heterocycles. The first-order chi connectivity index (χ1) is 15.7. The highest BCUT2D eigenvalue weighted by Crippen LogP contribution is 2.23. The van der Waals surface area contributed by atoms with Crippen molar-refractivity contribution in [3.05, 3.63) is 101 Å². The topological polar surface area (TPSA) is 60.5 Å². The molecule has 0 spiro atoms. The molecular weight excluding hydrogens is 400 g/mol. The highest BCUT2D eigenvalue weighted by Gasteiger charge is 2.15. The largest absolute Gasteiger partial charge is 0.489 e. The van der Waals surface area contributed by atoms with E-state index >= 15 is 0 Å². The first-order valence-electron chi connectivity index (χ1n) is 10.8. The van der Waals surface area contributed by atoms with Crippen LogP contribution < -0.4 is 14.8 Å². The first kappa shape index (κ1) is 20.1. The fraction of sp³-hybridized carbons (Fsp3) is 0.185. The summed E-state index contributed by atoms with van der Waals surface area (Å²) in [6.07, 6.45) is 1.81. The van der Waals surface area contributed by atoms with Gasteiger partial charge in [-0.3, -0.25) is 4.79 Å². The van der Waals surface area contributed by atoms with Gasteiger partial charge in [-0.05, 0) is 66.4 Å². The highest BCUT2D eigenvalue weighted by molar-refractivity contribution is 5.96. The molecule has 4 aromatic rings. The Hall–Kier alpha value is -3.86. The summed E-state index contributed by atoms with van der Waals surface area (Å²) in [6.45, 7) is 1.55. The van der Waals surface area contributed by atoms with Crippen molar-refractivity contribution in [3.8, 4) is 11.5 Å². The first-order valence-corrected chi connectivity index (χ1v) is 10.8. The molecule has 0 bridgehead atoms. The van der Waals surface area contributed by atoms with E-state index in [9.17, 15) is 4.79 Å². The minimum atomic E-state index is -0.00481. The number of nitrogens with zero attached hydrogens (tertiary/aromatic N) is 1. The Morgan fingerprint density at radius 3 is 2.69 bits per heavy atom. The van der Waals surface area contributed by atoms with Gasteiger partial charge in [0.15, 0.2) is 0 Å². The average Bonchev–Trinajstić information content (AvgIpc) is 3.02. The van der Waals surface area contributed by atoms with Crippen LogP contribution in [0.25, 0.3) is 10.9 Å². The summed E-state index contributed by atoms with van der Waals surface area (Å²) in [4.78, 5) is 16.7. The van der Waals surface area contributed by atoms with E-state index in [4.69, 9.17) is 9.47 Å². The van der Waals surface area contributed by atoms with Crippen molar-refractivity contribution >= 4 is 16.8 Å². The molecule has 160 valence electrons. The summed E-state index contributed by atoms with van der Waals surface area (Å²) >= 11 is 0. The van der Waals surface area contributed by atoms with Crippen LogP contribution in [0.1, 0.15) is 33.6 Å². The second kappa shape index (κ2) is 9.10. The van der Waals surface area contributed by atoms with E-state index in [0.29, 0.717) is 19.8 Å². The normalized spacial score (nSPS) is 13.2. The molecule has 0 aliphatic carbocycles. The van der Waals surface area contributed by atoms with E-state index < -0.39 is 0 Å². The van der Waals surface area contributed by atoms with Gasteiger partial charge in [-0.15, -0.1) is 0 Å². The number of aromatic nitrogens is 1. The Morgan fingerprint density at radius 1 is 0.844 bits per heavy atom. The molecule has 0 unspecified atom stereocenters. The summed E-state index contributed by atoms with van der Waals surface area (Å²) in [7, 11) is 0. The number of para-hydroxylation sites is 1. The lowest BCUT2D eigenvalue weighted by atomic mass is 10.0. The van der Waals surface area contributed by atoms with Crippen molar-refractivity contribution in [2.45, 2.75) is 26.1 Å². The summed E-state index contributed by atoms with van der Waals surface area (Å²) < 4.78 is 12.0. The number of hydrogen-bond acceptors (Lipinski definition) is 4. The number of ether oxygens (including phenoxy) is 2. The van der Waals surface area contributed by atoms with Crippen molar-refractivity contribution in [2.75, 3.05) is 6.54 Å². The molecule has 5 nitrogen and oxygen atoms in total. The number of hydrogen-bond donors (Lipinski definition) is 1. The molecule has 1 aliphatic heterocycles. The molecule has 0 atom stereocenters. The summed E-state index contributed by atoms with van der Waals surface area (Å²) in [5.74, 6) is 1.54. The van der Waals surface area contributed by atoms with Crippen LogP contribution in [-0.2, 0) is 19.6 Å². The van der Waals surface area contributed by atoms with Crippen LogP contribution in [0.15, 0.2) is 78.9 Å². The second-order valence-electron chi connectivity index (χ2n) is 7.90. The van der Waals surface area contributed by atoms with Gasteiger partial charge in [0.1, 0.15) is 24.7 Å². The van der Waals surface area contributed by atoms with E-state index in [1.54, 1.807) is 0 Å². The molecule has 3 aromatic carbocycles. The average molecular weight is 425 g/mol. The number of benzene rings is 3. The van der Waals surface area contributed by atoms with Gasteiger partial charge in [-0.1, -0.05) is 36.4 Å². The molecule has 1 N–H and O–H groups in total. The number of amides is 1. The Bertz CT molecular complexity index is 1270. The maximum absolute atomic E-state index is 12.1. The van der Waals surface area contributed by atoms with E-state index in [-0.39, 0.29) is 5.91 Å². The maximum Gasteiger partial charge on any atom is 0.251 e. The smallest absolute Gasteiger partial charge is 0.251 e. The number of rotatable bonds is 6. The Morgan fingerprint density at radius 2 is 1.72 bits per heavy atom. The van der Waals surface area contributed by atoms with E-state index in [2.05, 4.69) is 22.4 Å². The third kappa shape index (κ3) is 4.57. The standard InChI is InChI=1S/C27H24N2O3/c30-27-25-13-12-24(16-21(25)7-4-14-28-27)31-17-19-5-3-8-23(15-19)32-18-22-11-10-20-6-1-2-9-26(20)29-22/h1-3,5-6,8-13,15-16H,4,7,14,17-18H2,(H,28,30). The molecule has 0 saturated heterocycles. The second-order valence-corrected chi connectivity index (χ2v) is 7.90. The van der Waals surface area contributed by atoms with E-state index in [1.807, 2.05) is 66.7 Å². The van der Waals surface area contributed by atoms with Crippen molar-refractivity contribution < 1.29 is 14.3 Å². The molecule has 5 rings (SSSR count). The number of aryl methyl sites for hydroxylation is 1.